The minimum absolute atomic E-state index is 0.0903. The Hall–Kier alpha value is -2.38. The fourth-order valence-corrected chi connectivity index (χ4v) is 2.24. The van der Waals surface area contributed by atoms with Gasteiger partial charge in [-0.15, -0.1) is 0 Å². The molecule has 0 aliphatic rings. The van der Waals surface area contributed by atoms with Crippen LogP contribution in [0.2, 0.25) is 0 Å². The molecule has 108 valence electrons. The molecule has 0 saturated carbocycles. The van der Waals surface area contributed by atoms with Gasteiger partial charge in [-0.25, -0.2) is 4.39 Å². The summed E-state index contributed by atoms with van der Waals surface area (Å²) in [5, 5.41) is 8.88. The number of benzene rings is 2. The molecule has 0 radical (unpaired) electrons. The van der Waals surface area contributed by atoms with Gasteiger partial charge in [0, 0.05) is 18.8 Å². The van der Waals surface area contributed by atoms with E-state index in [1.54, 1.807) is 12.1 Å². The quantitative estimate of drug-likeness (QED) is 0.857. The summed E-state index contributed by atoms with van der Waals surface area (Å²) in [4.78, 5) is 2.21. The summed E-state index contributed by atoms with van der Waals surface area (Å²) in [5.41, 5.74) is 8.69. The number of hydrogen-bond acceptors (Lipinski definition) is 3. The van der Waals surface area contributed by atoms with Gasteiger partial charge in [0.25, 0.3) is 0 Å². The summed E-state index contributed by atoms with van der Waals surface area (Å²) in [6, 6.07) is 14.3. The number of hydrogen-bond donors (Lipinski definition) is 1. The monoisotopic (exact) mass is 283 g/mol. The van der Waals surface area contributed by atoms with Crippen LogP contribution in [0.5, 0.6) is 0 Å². The molecule has 0 aliphatic heterocycles. The summed E-state index contributed by atoms with van der Waals surface area (Å²) in [6.45, 7) is 4.36. The predicted molar refractivity (Wildman–Crippen MR) is 81.8 cm³/mol. The number of anilines is 1. The maximum atomic E-state index is 13.3. The van der Waals surface area contributed by atoms with Crippen LogP contribution in [-0.4, -0.2) is 11.4 Å². The lowest BCUT2D eigenvalue weighted by Crippen LogP contribution is -2.22. The van der Waals surface area contributed by atoms with Gasteiger partial charge in [0.05, 0.1) is 5.56 Å². The van der Waals surface area contributed by atoms with Crippen molar-refractivity contribution >= 4 is 5.69 Å². The summed E-state index contributed by atoms with van der Waals surface area (Å²) >= 11 is 0. The lowest BCUT2D eigenvalue weighted by atomic mass is 10.1. The lowest BCUT2D eigenvalue weighted by molar-refractivity contribution is 0.271. The van der Waals surface area contributed by atoms with Gasteiger partial charge in [-0.05, 0) is 41.9 Å². The standard InChI is InChI=1S/C17H18FN3/c1-2-21(11-13-4-3-5-16(20)9-13)12-14-6-7-17(18)15(8-14)10-19/h3-9H,2,11-12,20H2,1H3. The molecule has 2 aromatic carbocycles. The van der Waals surface area contributed by atoms with Gasteiger partial charge in [0.15, 0.2) is 0 Å². The highest BCUT2D eigenvalue weighted by molar-refractivity contribution is 5.40. The Balaban J connectivity index is 2.11. The van der Waals surface area contributed by atoms with Crippen molar-refractivity contribution in [2.75, 3.05) is 12.3 Å². The molecule has 21 heavy (non-hydrogen) atoms. The first-order valence-corrected chi connectivity index (χ1v) is 6.87. The van der Waals surface area contributed by atoms with E-state index in [-0.39, 0.29) is 5.56 Å². The molecule has 2 N–H and O–H groups in total. The number of halogens is 1. The van der Waals surface area contributed by atoms with Crippen molar-refractivity contribution in [3.63, 3.8) is 0 Å². The topological polar surface area (TPSA) is 53.0 Å². The summed E-state index contributed by atoms with van der Waals surface area (Å²) in [5.74, 6) is -0.472. The molecular weight excluding hydrogens is 265 g/mol. The van der Waals surface area contributed by atoms with Crippen LogP contribution in [0.25, 0.3) is 0 Å². The number of nitrogens with zero attached hydrogens (tertiary/aromatic N) is 2. The second-order valence-corrected chi connectivity index (χ2v) is 4.97. The Bertz CT molecular complexity index is 661. The Labute approximate surface area is 124 Å². The highest BCUT2D eigenvalue weighted by Gasteiger charge is 2.08. The number of nitrogen functional groups attached to an aromatic ring is 1. The van der Waals surface area contributed by atoms with Crippen molar-refractivity contribution in [1.82, 2.24) is 4.90 Å². The third-order valence-electron chi connectivity index (χ3n) is 3.36. The zero-order valence-corrected chi connectivity index (χ0v) is 12.0. The molecule has 0 bridgehead atoms. The minimum Gasteiger partial charge on any atom is -0.399 e. The average Bonchev–Trinajstić information content (AvgIpc) is 2.48. The van der Waals surface area contributed by atoms with Gasteiger partial charge in [-0.1, -0.05) is 25.1 Å². The fraction of sp³-hybridized carbons (Fsp3) is 0.235. The van der Waals surface area contributed by atoms with Crippen molar-refractivity contribution in [2.45, 2.75) is 20.0 Å². The van der Waals surface area contributed by atoms with Gasteiger partial charge >= 0.3 is 0 Å². The van der Waals surface area contributed by atoms with Crippen LogP contribution in [0.4, 0.5) is 10.1 Å². The zero-order valence-electron chi connectivity index (χ0n) is 12.0. The molecule has 2 aromatic rings. The molecule has 0 fully saturated rings. The molecule has 2 rings (SSSR count). The SMILES string of the molecule is CCN(Cc1cccc(N)c1)Cc1ccc(F)c(C#N)c1. The van der Waals surface area contributed by atoms with E-state index < -0.39 is 5.82 Å². The molecule has 0 aromatic heterocycles. The molecule has 0 unspecified atom stereocenters. The van der Waals surface area contributed by atoms with Crippen LogP contribution in [0.1, 0.15) is 23.6 Å². The average molecular weight is 283 g/mol. The Morgan fingerprint density at radius 1 is 1.14 bits per heavy atom. The maximum Gasteiger partial charge on any atom is 0.140 e. The van der Waals surface area contributed by atoms with E-state index >= 15 is 0 Å². The number of nitrogens with two attached hydrogens (primary N) is 1. The van der Waals surface area contributed by atoms with Crippen LogP contribution < -0.4 is 5.73 Å². The van der Waals surface area contributed by atoms with Crippen molar-refractivity contribution in [2.24, 2.45) is 0 Å². The second-order valence-electron chi connectivity index (χ2n) is 4.97. The van der Waals surface area contributed by atoms with Crippen LogP contribution in [0.3, 0.4) is 0 Å². The van der Waals surface area contributed by atoms with E-state index in [1.807, 2.05) is 30.3 Å². The van der Waals surface area contributed by atoms with Gasteiger partial charge < -0.3 is 5.73 Å². The van der Waals surface area contributed by atoms with Crippen molar-refractivity contribution in [1.29, 1.82) is 5.26 Å². The van der Waals surface area contributed by atoms with E-state index in [4.69, 9.17) is 11.0 Å². The van der Waals surface area contributed by atoms with E-state index in [1.165, 1.54) is 6.07 Å². The van der Waals surface area contributed by atoms with Gasteiger partial charge in [0.1, 0.15) is 11.9 Å². The molecule has 0 aliphatic carbocycles. The largest absolute Gasteiger partial charge is 0.399 e. The molecule has 3 nitrogen and oxygen atoms in total. The van der Waals surface area contributed by atoms with E-state index in [0.717, 1.165) is 29.9 Å². The van der Waals surface area contributed by atoms with Gasteiger partial charge in [-0.3, -0.25) is 4.90 Å². The van der Waals surface area contributed by atoms with E-state index in [0.29, 0.717) is 6.54 Å². The van der Waals surface area contributed by atoms with Crippen LogP contribution >= 0.6 is 0 Å². The molecule has 0 spiro atoms. The van der Waals surface area contributed by atoms with Gasteiger partial charge in [0.2, 0.25) is 0 Å². The third kappa shape index (κ3) is 4.04. The van der Waals surface area contributed by atoms with Crippen LogP contribution in [-0.2, 0) is 13.1 Å². The molecule has 0 atom stereocenters. The van der Waals surface area contributed by atoms with Crippen molar-refractivity contribution < 1.29 is 4.39 Å². The number of nitriles is 1. The minimum atomic E-state index is -0.472. The normalized spacial score (nSPS) is 10.6. The van der Waals surface area contributed by atoms with Gasteiger partial charge in [-0.2, -0.15) is 5.26 Å². The third-order valence-corrected chi connectivity index (χ3v) is 3.36. The van der Waals surface area contributed by atoms with E-state index in [2.05, 4.69) is 11.8 Å². The smallest absolute Gasteiger partial charge is 0.140 e. The Kier molecular flexibility index (Phi) is 4.91. The summed E-state index contributed by atoms with van der Waals surface area (Å²) in [6.07, 6.45) is 0. The fourth-order valence-electron chi connectivity index (χ4n) is 2.24. The first-order chi connectivity index (χ1) is 10.1. The molecule has 0 saturated heterocycles. The molecule has 0 heterocycles. The van der Waals surface area contributed by atoms with Crippen molar-refractivity contribution in [3.8, 4) is 6.07 Å². The van der Waals surface area contributed by atoms with Crippen LogP contribution in [0.15, 0.2) is 42.5 Å². The molecule has 4 heteroatoms. The lowest BCUT2D eigenvalue weighted by Gasteiger charge is -2.21. The Morgan fingerprint density at radius 2 is 1.86 bits per heavy atom. The second kappa shape index (κ2) is 6.87. The predicted octanol–water partition coefficient (Wildman–Crippen LogP) is 3.30. The first kappa shape index (κ1) is 15.0. The highest BCUT2D eigenvalue weighted by atomic mass is 19.1. The van der Waals surface area contributed by atoms with Crippen LogP contribution in [0, 0.1) is 17.1 Å². The van der Waals surface area contributed by atoms with Crippen molar-refractivity contribution in [3.05, 3.63) is 65.0 Å². The highest BCUT2D eigenvalue weighted by Crippen LogP contribution is 2.15. The van der Waals surface area contributed by atoms with E-state index in [9.17, 15) is 4.39 Å². The first-order valence-electron chi connectivity index (χ1n) is 6.87. The Morgan fingerprint density at radius 3 is 2.48 bits per heavy atom. The maximum absolute atomic E-state index is 13.3. The summed E-state index contributed by atoms with van der Waals surface area (Å²) < 4.78 is 13.3. The zero-order chi connectivity index (χ0) is 15.2. The number of rotatable bonds is 5. The molecule has 0 amide bonds. The molecular formula is C17H18FN3. The summed E-state index contributed by atoms with van der Waals surface area (Å²) in [7, 11) is 0.